The molecule has 0 spiro atoms. The fourth-order valence-corrected chi connectivity index (χ4v) is 8.08. The van der Waals surface area contributed by atoms with E-state index in [1.54, 1.807) is 0 Å². The zero-order valence-corrected chi connectivity index (χ0v) is 22.2. The van der Waals surface area contributed by atoms with Gasteiger partial charge in [-0.25, -0.2) is 0 Å². The molecule has 0 N–H and O–H groups in total. The standard InChI is InChI=1S/C35H38O2/c1-3-23(2)27-12-14-30(15-13-27)36-34(37-35-20-24-16-25(21-35)18-26(17-24)22-35)33-31-10-6-4-8-28(31)19-29-9-5-7-11-32(29)33/h4-15,19,23-26,34H,3,16-18,20-22H2,1-2H3. The van der Waals surface area contributed by atoms with E-state index in [9.17, 15) is 0 Å². The summed E-state index contributed by atoms with van der Waals surface area (Å²) in [6, 6.07) is 28.5. The highest BCUT2D eigenvalue weighted by molar-refractivity contribution is 6.02. The van der Waals surface area contributed by atoms with E-state index in [1.165, 1.54) is 71.2 Å². The van der Waals surface area contributed by atoms with Crippen molar-refractivity contribution < 1.29 is 9.47 Å². The van der Waals surface area contributed by atoms with Gasteiger partial charge in [-0.15, -0.1) is 0 Å². The van der Waals surface area contributed by atoms with Crippen molar-refractivity contribution >= 4 is 21.5 Å². The Labute approximate surface area is 221 Å². The normalized spacial score (nSPS) is 28.0. The SMILES string of the molecule is CCC(C)c1ccc(OC(OC23CC4CC(CC(C4)C2)C3)c2c3ccccc3cc3ccccc23)cc1. The maximum Gasteiger partial charge on any atom is 0.228 e. The van der Waals surface area contributed by atoms with E-state index < -0.39 is 6.29 Å². The lowest BCUT2D eigenvalue weighted by atomic mass is 9.54. The topological polar surface area (TPSA) is 18.5 Å². The molecule has 4 aliphatic carbocycles. The first kappa shape index (κ1) is 23.3. The van der Waals surface area contributed by atoms with Gasteiger partial charge in [-0.3, -0.25) is 0 Å². The van der Waals surface area contributed by atoms with Gasteiger partial charge in [-0.05, 0) is 114 Å². The fourth-order valence-electron chi connectivity index (χ4n) is 8.08. The van der Waals surface area contributed by atoms with Crippen LogP contribution in [0.5, 0.6) is 5.75 Å². The van der Waals surface area contributed by atoms with Crippen molar-refractivity contribution in [1.82, 2.24) is 0 Å². The van der Waals surface area contributed by atoms with Crippen LogP contribution in [0.3, 0.4) is 0 Å². The summed E-state index contributed by atoms with van der Waals surface area (Å²) in [6.45, 7) is 4.53. The third-order valence-corrected chi connectivity index (χ3v) is 9.69. The summed E-state index contributed by atoms with van der Waals surface area (Å²) in [5, 5.41) is 4.94. The zero-order valence-electron chi connectivity index (χ0n) is 22.2. The van der Waals surface area contributed by atoms with E-state index in [0.29, 0.717) is 5.92 Å². The second kappa shape index (κ2) is 9.17. The van der Waals surface area contributed by atoms with Crippen molar-refractivity contribution in [2.45, 2.75) is 76.6 Å². The van der Waals surface area contributed by atoms with Gasteiger partial charge in [0, 0.05) is 5.56 Å². The molecular weight excluding hydrogens is 452 g/mol. The van der Waals surface area contributed by atoms with Crippen LogP contribution < -0.4 is 4.74 Å². The molecule has 2 atom stereocenters. The number of benzene rings is 4. The summed E-state index contributed by atoms with van der Waals surface area (Å²) < 4.78 is 14.2. The molecule has 0 saturated heterocycles. The molecule has 4 bridgehead atoms. The number of hydrogen-bond acceptors (Lipinski definition) is 2. The summed E-state index contributed by atoms with van der Waals surface area (Å²) in [5.41, 5.74) is 2.48. The first-order valence-corrected chi connectivity index (χ1v) is 14.4. The lowest BCUT2D eigenvalue weighted by molar-refractivity contribution is -0.234. The van der Waals surface area contributed by atoms with E-state index in [0.717, 1.165) is 29.9 Å². The molecule has 37 heavy (non-hydrogen) atoms. The Bertz CT molecular complexity index is 1330. The third-order valence-electron chi connectivity index (χ3n) is 9.69. The van der Waals surface area contributed by atoms with Crippen molar-refractivity contribution in [1.29, 1.82) is 0 Å². The second-order valence-electron chi connectivity index (χ2n) is 12.3. The lowest BCUT2D eigenvalue weighted by Gasteiger charge is -2.56. The van der Waals surface area contributed by atoms with E-state index >= 15 is 0 Å². The first-order valence-electron chi connectivity index (χ1n) is 14.4. The van der Waals surface area contributed by atoms with Gasteiger partial charge in [0.05, 0.1) is 5.60 Å². The van der Waals surface area contributed by atoms with Crippen LogP contribution in [0.2, 0.25) is 0 Å². The highest BCUT2D eigenvalue weighted by Crippen LogP contribution is 2.58. The predicted molar refractivity (Wildman–Crippen MR) is 152 cm³/mol. The van der Waals surface area contributed by atoms with Crippen LogP contribution in [0.1, 0.15) is 82.1 Å². The Hall–Kier alpha value is -2.84. The van der Waals surface area contributed by atoms with E-state index in [-0.39, 0.29) is 5.60 Å². The average molecular weight is 491 g/mol. The molecule has 4 saturated carbocycles. The Morgan fingerprint density at radius 1 is 0.757 bits per heavy atom. The van der Waals surface area contributed by atoms with Crippen molar-refractivity contribution in [2.24, 2.45) is 17.8 Å². The lowest BCUT2D eigenvalue weighted by Crippen LogP contribution is -2.52. The molecular formula is C35H38O2. The number of ether oxygens (including phenoxy) is 2. The van der Waals surface area contributed by atoms with Crippen LogP contribution in [-0.4, -0.2) is 5.60 Å². The molecule has 2 unspecified atom stereocenters. The molecule has 4 aromatic carbocycles. The molecule has 2 nitrogen and oxygen atoms in total. The van der Waals surface area contributed by atoms with Gasteiger partial charge in [-0.1, -0.05) is 74.5 Å². The van der Waals surface area contributed by atoms with Gasteiger partial charge in [0.1, 0.15) is 5.75 Å². The summed E-state index contributed by atoms with van der Waals surface area (Å²) in [4.78, 5) is 0. The predicted octanol–water partition coefficient (Wildman–Crippen LogP) is 9.57. The van der Waals surface area contributed by atoms with Gasteiger partial charge in [0.25, 0.3) is 0 Å². The monoisotopic (exact) mass is 490 g/mol. The van der Waals surface area contributed by atoms with E-state index in [2.05, 4.69) is 92.7 Å². The van der Waals surface area contributed by atoms with Crippen molar-refractivity contribution in [3.05, 3.63) is 90.0 Å². The zero-order chi connectivity index (χ0) is 25.0. The van der Waals surface area contributed by atoms with Gasteiger partial charge >= 0.3 is 0 Å². The Morgan fingerprint density at radius 2 is 1.30 bits per heavy atom. The van der Waals surface area contributed by atoms with Crippen LogP contribution in [0.4, 0.5) is 0 Å². The highest BCUT2D eigenvalue weighted by atomic mass is 16.7. The second-order valence-corrected chi connectivity index (χ2v) is 12.3. The first-order chi connectivity index (χ1) is 18.1. The average Bonchev–Trinajstić information content (AvgIpc) is 2.90. The van der Waals surface area contributed by atoms with Crippen LogP contribution >= 0.6 is 0 Å². The van der Waals surface area contributed by atoms with Crippen LogP contribution in [0.25, 0.3) is 21.5 Å². The minimum Gasteiger partial charge on any atom is -0.461 e. The molecule has 2 heteroatoms. The van der Waals surface area contributed by atoms with Crippen molar-refractivity contribution in [2.75, 3.05) is 0 Å². The van der Waals surface area contributed by atoms with Gasteiger partial charge in [0.15, 0.2) is 0 Å². The quantitative estimate of drug-likeness (QED) is 0.190. The smallest absolute Gasteiger partial charge is 0.228 e. The van der Waals surface area contributed by atoms with Crippen LogP contribution in [-0.2, 0) is 4.74 Å². The number of rotatable bonds is 7. The summed E-state index contributed by atoms with van der Waals surface area (Å²) in [6.07, 6.45) is 8.48. The van der Waals surface area contributed by atoms with Gasteiger partial charge < -0.3 is 9.47 Å². The molecule has 190 valence electrons. The molecule has 0 radical (unpaired) electrons. The maximum absolute atomic E-state index is 7.33. The highest BCUT2D eigenvalue weighted by Gasteiger charge is 2.53. The van der Waals surface area contributed by atoms with Gasteiger partial charge in [0.2, 0.25) is 6.29 Å². The molecule has 4 aromatic rings. The maximum atomic E-state index is 7.33. The summed E-state index contributed by atoms with van der Waals surface area (Å²) >= 11 is 0. The van der Waals surface area contributed by atoms with Crippen LogP contribution in [0.15, 0.2) is 78.9 Å². The minimum absolute atomic E-state index is 0.0614. The molecule has 0 heterocycles. The molecule has 4 aliphatic rings. The van der Waals surface area contributed by atoms with Gasteiger partial charge in [-0.2, -0.15) is 0 Å². The van der Waals surface area contributed by atoms with Crippen LogP contribution in [0, 0.1) is 17.8 Å². The fraction of sp³-hybridized carbons (Fsp3) is 0.429. The Kier molecular flexibility index (Phi) is 5.77. The third kappa shape index (κ3) is 4.24. The molecule has 4 fully saturated rings. The molecule has 8 rings (SSSR count). The molecule has 0 aromatic heterocycles. The Balaban J connectivity index is 1.34. The van der Waals surface area contributed by atoms with E-state index in [4.69, 9.17) is 9.47 Å². The minimum atomic E-state index is -0.443. The summed E-state index contributed by atoms with van der Waals surface area (Å²) in [5.74, 6) is 3.91. The number of fused-ring (bicyclic) bond motifs is 2. The largest absolute Gasteiger partial charge is 0.461 e. The summed E-state index contributed by atoms with van der Waals surface area (Å²) in [7, 11) is 0. The van der Waals surface area contributed by atoms with E-state index in [1.807, 2.05) is 0 Å². The van der Waals surface area contributed by atoms with Crippen molar-refractivity contribution in [3.63, 3.8) is 0 Å². The Morgan fingerprint density at radius 3 is 1.84 bits per heavy atom. The number of hydrogen-bond donors (Lipinski definition) is 0. The van der Waals surface area contributed by atoms with Crippen molar-refractivity contribution in [3.8, 4) is 5.75 Å². The molecule has 0 aliphatic heterocycles. The molecule has 0 amide bonds.